The van der Waals surface area contributed by atoms with E-state index in [-0.39, 0.29) is 28.8 Å². The number of rotatable bonds is 11. The normalized spacial score (nSPS) is 18.8. The van der Waals surface area contributed by atoms with Gasteiger partial charge in [0.1, 0.15) is 5.75 Å². The molecule has 0 bridgehead atoms. The van der Waals surface area contributed by atoms with Gasteiger partial charge >= 0.3 is 0 Å². The number of carbonyl (C=O) groups is 1. The SMILES string of the molecule is O=C(NO)[C@@]1(CCS(=O)(=O)c2ccccc2)N=C(c2ccc(OCCCO)cc2)O[C@H]1c1ccc(Cl)cc1Cl. The summed E-state index contributed by atoms with van der Waals surface area (Å²) in [4.78, 5) is 17.9. The fourth-order valence-electron chi connectivity index (χ4n) is 4.19. The summed E-state index contributed by atoms with van der Waals surface area (Å²) in [6.45, 7) is 0.340. The lowest BCUT2D eigenvalue weighted by Gasteiger charge is -2.30. The molecule has 3 aromatic carbocycles. The van der Waals surface area contributed by atoms with Crippen molar-refractivity contribution in [2.75, 3.05) is 19.0 Å². The van der Waals surface area contributed by atoms with Crippen molar-refractivity contribution in [3.05, 3.63) is 94.0 Å². The van der Waals surface area contributed by atoms with E-state index >= 15 is 0 Å². The summed E-state index contributed by atoms with van der Waals surface area (Å²) in [6.07, 6.45) is -1.03. The molecule has 1 heterocycles. The number of amides is 1. The number of aliphatic hydroxyl groups is 1. The highest BCUT2D eigenvalue weighted by molar-refractivity contribution is 7.91. The van der Waals surface area contributed by atoms with Gasteiger partial charge in [0, 0.05) is 40.6 Å². The number of aliphatic imine (C=N–C) groups is 1. The molecule has 3 N–H and O–H groups in total. The van der Waals surface area contributed by atoms with Crippen LogP contribution >= 0.6 is 23.2 Å². The van der Waals surface area contributed by atoms with Crippen molar-refractivity contribution in [3.63, 3.8) is 0 Å². The van der Waals surface area contributed by atoms with Crippen molar-refractivity contribution in [1.29, 1.82) is 0 Å². The molecule has 1 amide bonds. The standard InChI is InChI=1S/C27H26Cl2N2O7S/c28-19-9-12-22(23(29)17-19)24-27(26(33)31-34,13-16-39(35,36)21-5-2-1-3-6-21)30-25(38-24)18-7-10-20(11-8-18)37-15-4-14-32/h1-3,5-12,17,24,32,34H,4,13-16H2,(H,31,33)/t24-,27-/m0/s1. The van der Waals surface area contributed by atoms with Gasteiger partial charge in [-0.25, -0.2) is 18.9 Å². The Balaban J connectivity index is 1.75. The molecule has 0 radical (unpaired) electrons. The number of hydrogen-bond acceptors (Lipinski definition) is 8. The topological polar surface area (TPSA) is 135 Å². The zero-order valence-corrected chi connectivity index (χ0v) is 22.9. The summed E-state index contributed by atoms with van der Waals surface area (Å²) in [5, 5.41) is 19.2. The Morgan fingerprint density at radius 1 is 1.08 bits per heavy atom. The maximum Gasteiger partial charge on any atom is 0.275 e. The number of nitrogens with one attached hydrogen (secondary N) is 1. The third kappa shape index (κ3) is 6.37. The van der Waals surface area contributed by atoms with E-state index in [0.717, 1.165) is 0 Å². The highest BCUT2D eigenvalue weighted by Gasteiger charge is 2.54. The summed E-state index contributed by atoms with van der Waals surface area (Å²) in [5.41, 5.74) is 0.566. The fourth-order valence-corrected chi connectivity index (χ4v) is 6.09. The second-order valence-corrected chi connectivity index (χ2v) is 11.7. The first-order valence-corrected chi connectivity index (χ1v) is 14.4. The van der Waals surface area contributed by atoms with Crippen LogP contribution in [0, 0.1) is 0 Å². The lowest BCUT2D eigenvalue weighted by atomic mass is 9.85. The predicted octanol–water partition coefficient (Wildman–Crippen LogP) is 4.38. The number of benzene rings is 3. The number of hydrogen-bond donors (Lipinski definition) is 3. The summed E-state index contributed by atoms with van der Waals surface area (Å²) in [7, 11) is -3.82. The molecule has 0 unspecified atom stereocenters. The van der Waals surface area contributed by atoms with Gasteiger partial charge in [0.25, 0.3) is 5.91 Å². The Labute approximate surface area is 235 Å². The van der Waals surface area contributed by atoms with E-state index in [0.29, 0.717) is 34.9 Å². The first kappa shape index (κ1) is 28.8. The first-order chi connectivity index (χ1) is 18.7. The van der Waals surface area contributed by atoms with Crippen LogP contribution in [-0.2, 0) is 19.4 Å². The van der Waals surface area contributed by atoms with Crippen LogP contribution in [0.15, 0.2) is 82.7 Å². The van der Waals surface area contributed by atoms with Crippen molar-refractivity contribution in [2.24, 2.45) is 4.99 Å². The van der Waals surface area contributed by atoms with E-state index in [9.17, 15) is 18.4 Å². The quantitative estimate of drug-likeness (QED) is 0.171. The molecular formula is C27H26Cl2N2O7S. The molecule has 39 heavy (non-hydrogen) atoms. The van der Waals surface area contributed by atoms with Gasteiger partial charge in [-0.3, -0.25) is 10.0 Å². The van der Waals surface area contributed by atoms with Gasteiger partial charge in [-0.05, 0) is 48.5 Å². The molecule has 1 aliphatic heterocycles. The first-order valence-electron chi connectivity index (χ1n) is 12.0. The Morgan fingerprint density at radius 2 is 1.79 bits per heavy atom. The van der Waals surface area contributed by atoms with Crippen LogP contribution in [-0.4, -0.2) is 55.0 Å². The number of sulfone groups is 1. The number of ether oxygens (including phenoxy) is 2. The van der Waals surface area contributed by atoms with E-state index < -0.39 is 33.1 Å². The van der Waals surface area contributed by atoms with Crippen LogP contribution < -0.4 is 10.2 Å². The molecule has 3 aromatic rings. The summed E-state index contributed by atoms with van der Waals surface area (Å²) >= 11 is 12.6. The van der Waals surface area contributed by atoms with E-state index in [1.54, 1.807) is 60.1 Å². The van der Waals surface area contributed by atoms with Crippen LogP contribution in [0.2, 0.25) is 10.0 Å². The van der Waals surface area contributed by atoms with Crippen LogP contribution in [0.3, 0.4) is 0 Å². The molecule has 0 spiro atoms. The average molecular weight is 593 g/mol. The summed E-state index contributed by atoms with van der Waals surface area (Å²) < 4.78 is 38.0. The maximum absolute atomic E-state index is 13.3. The van der Waals surface area contributed by atoms with Crippen molar-refractivity contribution >= 4 is 44.8 Å². The van der Waals surface area contributed by atoms with Crippen LogP contribution in [0.4, 0.5) is 0 Å². The zero-order chi connectivity index (χ0) is 28.0. The van der Waals surface area contributed by atoms with Gasteiger partial charge in [-0.1, -0.05) is 47.5 Å². The molecule has 4 rings (SSSR count). The molecule has 9 nitrogen and oxygen atoms in total. The van der Waals surface area contributed by atoms with Crippen molar-refractivity contribution in [3.8, 4) is 5.75 Å². The maximum atomic E-state index is 13.3. The molecule has 2 atom stereocenters. The molecular weight excluding hydrogens is 567 g/mol. The lowest BCUT2D eigenvalue weighted by molar-refractivity contribution is -0.137. The van der Waals surface area contributed by atoms with Gasteiger partial charge in [0.15, 0.2) is 21.5 Å². The molecule has 0 saturated carbocycles. The molecule has 1 aliphatic rings. The van der Waals surface area contributed by atoms with Crippen molar-refractivity contribution in [2.45, 2.75) is 29.4 Å². The highest BCUT2D eigenvalue weighted by atomic mass is 35.5. The largest absolute Gasteiger partial charge is 0.494 e. The fraction of sp³-hybridized carbons (Fsp3) is 0.259. The van der Waals surface area contributed by atoms with Gasteiger partial charge < -0.3 is 14.6 Å². The molecule has 206 valence electrons. The number of aliphatic hydroxyl groups excluding tert-OH is 1. The smallest absolute Gasteiger partial charge is 0.275 e. The Kier molecular flexibility index (Phi) is 9.14. The zero-order valence-electron chi connectivity index (χ0n) is 20.6. The summed E-state index contributed by atoms with van der Waals surface area (Å²) in [6, 6.07) is 19.1. The molecule has 0 fully saturated rings. The number of hydroxylamine groups is 1. The van der Waals surface area contributed by atoms with Gasteiger partial charge in [0.2, 0.25) is 5.90 Å². The van der Waals surface area contributed by atoms with Gasteiger partial charge in [-0.2, -0.15) is 0 Å². The number of nitrogens with zero attached hydrogens (tertiary/aromatic N) is 1. The van der Waals surface area contributed by atoms with Crippen LogP contribution in [0.1, 0.15) is 30.1 Å². The van der Waals surface area contributed by atoms with E-state index in [2.05, 4.69) is 4.99 Å². The second kappa shape index (κ2) is 12.4. The Morgan fingerprint density at radius 3 is 2.44 bits per heavy atom. The third-order valence-corrected chi connectivity index (χ3v) is 8.53. The molecule has 0 aliphatic carbocycles. The minimum absolute atomic E-state index is 0.00632. The molecule has 12 heteroatoms. The lowest BCUT2D eigenvalue weighted by Crippen LogP contribution is -2.48. The van der Waals surface area contributed by atoms with Gasteiger partial charge in [-0.15, -0.1) is 0 Å². The number of halogens is 2. The van der Waals surface area contributed by atoms with Gasteiger partial charge in [0.05, 0.1) is 17.3 Å². The highest BCUT2D eigenvalue weighted by Crippen LogP contribution is 2.45. The number of carbonyl (C=O) groups excluding carboxylic acids is 1. The van der Waals surface area contributed by atoms with E-state index in [1.165, 1.54) is 18.2 Å². The Hall–Kier alpha value is -3.15. The minimum atomic E-state index is -3.82. The molecule has 0 aromatic heterocycles. The van der Waals surface area contributed by atoms with Crippen molar-refractivity contribution in [1.82, 2.24) is 5.48 Å². The average Bonchev–Trinajstić information content (AvgIpc) is 3.33. The summed E-state index contributed by atoms with van der Waals surface area (Å²) in [5.74, 6) is -0.824. The van der Waals surface area contributed by atoms with E-state index in [4.69, 9.17) is 37.8 Å². The van der Waals surface area contributed by atoms with Crippen molar-refractivity contribution < 1.29 is 33.0 Å². The van der Waals surface area contributed by atoms with Crippen LogP contribution in [0.5, 0.6) is 5.75 Å². The predicted molar refractivity (Wildman–Crippen MR) is 146 cm³/mol. The van der Waals surface area contributed by atoms with Crippen LogP contribution in [0.25, 0.3) is 0 Å². The van der Waals surface area contributed by atoms with E-state index in [1.807, 2.05) is 0 Å². The minimum Gasteiger partial charge on any atom is -0.494 e. The Bertz CT molecular complexity index is 1450. The second-order valence-electron chi connectivity index (χ2n) is 8.78. The molecule has 0 saturated heterocycles. The third-order valence-electron chi connectivity index (χ3n) is 6.23. The monoisotopic (exact) mass is 592 g/mol.